The number of aryl methyl sites for hydroxylation is 1. The van der Waals surface area contributed by atoms with Gasteiger partial charge in [0, 0.05) is 37.0 Å². The van der Waals surface area contributed by atoms with Crippen LogP contribution < -0.4 is 22.3 Å². The summed E-state index contributed by atoms with van der Waals surface area (Å²) in [6, 6.07) is 0. The molecular formula is C22H34N6O3. The summed E-state index contributed by atoms with van der Waals surface area (Å²) in [4.78, 5) is 46.9. The number of amides is 1. The van der Waals surface area contributed by atoms with Crippen LogP contribution >= 0.6 is 0 Å². The van der Waals surface area contributed by atoms with Gasteiger partial charge in [0.1, 0.15) is 11.3 Å². The zero-order valence-corrected chi connectivity index (χ0v) is 18.6. The van der Waals surface area contributed by atoms with Gasteiger partial charge in [0.2, 0.25) is 5.91 Å². The number of aromatic amines is 1. The number of carbonyl (C=O) groups excluding carboxylic acids is 1. The largest absolute Gasteiger partial charge is 0.354 e. The van der Waals surface area contributed by atoms with Crippen LogP contribution in [0, 0.1) is 5.41 Å². The average Bonchev–Trinajstić information content (AvgIpc) is 3.25. The van der Waals surface area contributed by atoms with Crippen molar-refractivity contribution in [3.63, 3.8) is 0 Å². The number of carbonyl (C=O) groups is 1. The Morgan fingerprint density at radius 2 is 1.68 bits per heavy atom. The molecule has 2 aromatic rings. The molecule has 0 aromatic carbocycles. The summed E-state index contributed by atoms with van der Waals surface area (Å²) in [5.41, 5.74) is 5.41. The number of imidazole rings is 1. The molecule has 4 N–H and O–H groups in total. The van der Waals surface area contributed by atoms with Crippen molar-refractivity contribution in [1.29, 1.82) is 0 Å². The van der Waals surface area contributed by atoms with E-state index in [0.29, 0.717) is 43.8 Å². The Hall–Kier alpha value is -2.42. The molecule has 0 saturated heterocycles. The number of nitrogens with one attached hydrogen (secondary N) is 2. The summed E-state index contributed by atoms with van der Waals surface area (Å²) in [7, 11) is 0. The molecule has 0 atom stereocenters. The number of aromatic nitrogens is 4. The topological polar surface area (TPSA) is 128 Å². The fraction of sp³-hybridized carbons (Fsp3) is 0.727. The van der Waals surface area contributed by atoms with Crippen molar-refractivity contribution in [2.75, 3.05) is 13.1 Å². The van der Waals surface area contributed by atoms with E-state index in [0.717, 1.165) is 50.8 Å². The predicted octanol–water partition coefficient (Wildman–Crippen LogP) is 1.37. The zero-order valence-electron chi connectivity index (χ0n) is 18.6. The molecule has 3 saturated carbocycles. The SMILES string of the molecule is CCCn1c(=O)c2[nH]c(C34CCC(C(=O)NCCN)(CC3)CC4)nc2n(CCC)c1=O. The second-order valence-electron chi connectivity index (χ2n) is 9.28. The van der Waals surface area contributed by atoms with Gasteiger partial charge in [-0.15, -0.1) is 0 Å². The second-order valence-corrected chi connectivity index (χ2v) is 9.28. The van der Waals surface area contributed by atoms with Crippen molar-refractivity contribution in [3.8, 4) is 0 Å². The average molecular weight is 431 g/mol. The molecule has 0 radical (unpaired) electrons. The molecule has 2 aromatic heterocycles. The molecule has 170 valence electrons. The highest BCUT2D eigenvalue weighted by atomic mass is 16.2. The molecule has 2 bridgehead atoms. The van der Waals surface area contributed by atoms with E-state index >= 15 is 0 Å². The summed E-state index contributed by atoms with van der Waals surface area (Å²) in [5, 5.41) is 2.98. The third-order valence-electron chi connectivity index (χ3n) is 7.42. The van der Waals surface area contributed by atoms with Crippen molar-refractivity contribution in [2.45, 2.75) is 83.7 Å². The van der Waals surface area contributed by atoms with Crippen molar-refractivity contribution >= 4 is 17.1 Å². The van der Waals surface area contributed by atoms with Crippen molar-refractivity contribution in [1.82, 2.24) is 24.4 Å². The number of rotatable bonds is 8. The summed E-state index contributed by atoms with van der Waals surface area (Å²) in [6.07, 6.45) is 6.48. The van der Waals surface area contributed by atoms with Crippen molar-refractivity contribution in [2.24, 2.45) is 11.1 Å². The third-order valence-corrected chi connectivity index (χ3v) is 7.42. The Balaban J connectivity index is 1.71. The highest BCUT2D eigenvalue weighted by molar-refractivity contribution is 5.83. The van der Waals surface area contributed by atoms with Gasteiger partial charge in [-0.25, -0.2) is 9.78 Å². The number of hydrogen-bond donors (Lipinski definition) is 3. The lowest BCUT2D eigenvalue weighted by molar-refractivity contribution is -0.137. The Bertz CT molecular complexity index is 1070. The van der Waals surface area contributed by atoms with Crippen LogP contribution in [0.5, 0.6) is 0 Å². The Labute approximate surface area is 181 Å². The second kappa shape index (κ2) is 8.26. The monoisotopic (exact) mass is 430 g/mol. The van der Waals surface area contributed by atoms with Gasteiger partial charge in [-0.05, 0) is 51.4 Å². The first kappa shape index (κ1) is 21.8. The predicted molar refractivity (Wildman–Crippen MR) is 119 cm³/mol. The summed E-state index contributed by atoms with van der Waals surface area (Å²) >= 11 is 0. The van der Waals surface area contributed by atoms with Gasteiger partial charge >= 0.3 is 5.69 Å². The summed E-state index contributed by atoms with van der Waals surface area (Å²) in [5.74, 6) is 0.920. The molecule has 31 heavy (non-hydrogen) atoms. The number of H-pyrrole nitrogens is 1. The van der Waals surface area contributed by atoms with E-state index in [1.807, 2.05) is 13.8 Å². The van der Waals surface area contributed by atoms with Gasteiger partial charge in [0.25, 0.3) is 5.56 Å². The van der Waals surface area contributed by atoms with Crippen LogP contribution in [0.15, 0.2) is 9.59 Å². The minimum absolute atomic E-state index is 0.120. The Morgan fingerprint density at radius 1 is 1.06 bits per heavy atom. The molecular weight excluding hydrogens is 396 g/mol. The zero-order chi connectivity index (χ0) is 22.2. The van der Waals surface area contributed by atoms with E-state index in [4.69, 9.17) is 10.7 Å². The third kappa shape index (κ3) is 3.43. The van der Waals surface area contributed by atoms with Crippen molar-refractivity contribution in [3.05, 3.63) is 26.7 Å². The smallest absolute Gasteiger partial charge is 0.332 e. The van der Waals surface area contributed by atoms with E-state index in [9.17, 15) is 14.4 Å². The quantitative estimate of drug-likeness (QED) is 0.583. The van der Waals surface area contributed by atoms with Gasteiger partial charge < -0.3 is 16.0 Å². The van der Waals surface area contributed by atoms with Crippen LogP contribution in [0.2, 0.25) is 0 Å². The fourth-order valence-electron chi connectivity index (χ4n) is 5.52. The number of fused-ring (bicyclic) bond motifs is 4. The number of nitrogens with zero attached hydrogens (tertiary/aromatic N) is 3. The maximum absolute atomic E-state index is 13.1. The van der Waals surface area contributed by atoms with Gasteiger partial charge in [-0.1, -0.05) is 13.8 Å². The normalized spacial score (nSPS) is 25.3. The van der Waals surface area contributed by atoms with Crippen LogP contribution in [0.4, 0.5) is 0 Å². The van der Waals surface area contributed by atoms with Crippen LogP contribution in [0.25, 0.3) is 11.2 Å². The molecule has 0 unspecified atom stereocenters. The molecule has 3 fully saturated rings. The van der Waals surface area contributed by atoms with Gasteiger partial charge in [-0.3, -0.25) is 18.7 Å². The standard InChI is InChI=1S/C22H34N6O3/c1-3-13-27-16-15(17(29)28(14-4-2)20(27)31)25-18(26-16)21-5-8-22(9-6-21,10-7-21)19(30)24-12-11-23/h3-14,23H2,1-2H3,(H,24,30)(H,25,26). The van der Waals surface area contributed by atoms with Gasteiger partial charge in [0.15, 0.2) is 5.65 Å². The van der Waals surface area contributed by atoms with Gasteiger partial charge in [-0.2, -0.15) is 0 Å². The molecule has 3 aliphatic carbocycles. The first-order valence-electron chi connectivity index (χ1n) is 11.6. The molecule has 9 heteroatoms. The lowest BCUT2D eigenvalue weighted by atomic mass is 9.53. The Morgan fingerprint density at radius 3 is 2.26 bits per heavy atom. The number of hydrogen-bond acceptors (Lipinski definition) is 5. The maximum atomic E-state index is 13.1. The van der Waals surface area contributed by atoms with Gasteiger partial charge in [0.05, 0.1) is 0 Å². The van der Waals surface area contributed by atoms with E-state index in [1.165, 1.54) is 4.57 Å². The molecule has 1 amide bonds. The van der Waals surface area contributed by atoms with Crippen LogP contribution in [0.1, 0.15) is 71.0 Å². The van der Waals surface area contributed by atoms with E-state index in [-0.39, 0.29) is 28.0 Å². The van der Waals surface area contributed by atoms with Crippen LogP contribution in [0.3, 0.4) is 0 Å². The Kier molecular flexibility index (Phi) is 5.81. The molecule has 3 aliphatic rings. The minimum Gasteiger partial charge on any atom is -0.354 e. The first-order valence-corrected chi connectivity index (χ1v) is 11.6. The molecule has 9 nitrogen and oxygen atoms in total. The highest BCUT2D eigenvalue weighted by Gasteiger charge is 2.54. The van der Waals surface area contributed by atoms with Crippen molar-refractivity contribution < 1.29 is 4.79 Å². The minimum atomic E-state index is -0.304. The molecule has 0 aliphatic heterocycles. The fourth-order valence-corrected chi connectivity index (χ4v) is 5.52. The highest BCUT2D eigenvalue weighted by Crippen LogP contribution is 2.57. The van der Waals surface area contributed by atoms with E-state index in [1.54, 1.807) is 4.57 Å². The lowest BCUT2D eigenvalue weighted by Crippen LogP contribution is -2.52. The summed E-state index contributed by atoms with van der Waals surface area (Å²) in [6.45, 7) is 5.85. The summed E-state index contributed by atoms with van der Waals surface area (Å²) < 4.78 is 2.96. The lowest BCUT2D eigenvalue weighted by Gasteiger charge is -2.51. The van der Waals surface area contributed by atoms with E-state index < -0.39 is 0 Å². The molecule has 2 heterocycles. The van der Waals surface area contributed by atoms with Crippen LogP contribution in [-0.4, -0.2) is 38.1 Å². The first-order chi connectivity index (χ1) is 14.9. The van der Waals surface area contributed by atoms with E-state index in [2.05, 4.69) is 10.3 Å². The molecule has 0 spiro atoms. The molecule has 5 rings (SSSR count). The maximum Gasteiger partial charge on any atom is 0.332 e. The van der Waals surface area contributed by atoms with Crippen LogP contribution in [-0.2, 0) is 23.3 Å². The number of nitrogens with two attached hydrogens (primary N) is 1.